The Morgan fingerprint density at radius 3 is 2.33 bits per heavy atom. The maximum Gasteiger partial charge on any atom is 0.359 e. The first-order valence-electron chi connectivity index (χ1n) is 4.56. The number of rotatable bonds is 3. The molecule has 0 bridgehead atoms. The predicted molar refractivity (Wildman–Crippen MR) is 67.8 cm³/mol. The highest BCUT2D eigenvalue weighted by molar-refractivity contribution is 6.46. The monoisotopic (exact) mass is 311 g/mol. The highest BCUT2D eigenvalue weighted by Crippen LogP contribution is 2.34. The van der Waals surface area contributed by atoms with Gasteiger partial charge in [-0.2, -0.15) is 0 Å². The molecule has 1 rings (SSSR count). The summed E-state index contributed by atoms with van der Waals surface area (Å²) in [6.45, 7) is 1.30. The number of nitrogen functional groups attached to an aromatic ring is 1. The fourth-order valence-electron chi connectivity index (χ4n) is 0.941. The Bertz CT molecular complexity index is 522. The van der Waals surface area contributed by atoms with Crippen molar-refractivity contribution in [2.45, 2.75) is 13.0 Å². The molecule has 0 unspecified atom stereocenters. The molecule has 98 valence electrons. The standard InChI is InChI=1S/C9H8Cl3N3O3/c1-2(8(14)16)18-9(17)6-3(10)5(13)4(11)7(12)15-6/h2H,1H3,(H2,13,15)(H2,14,16)/t2-/m1/s1. The van der Waals surface area contributed by atoms with Gasteiger partial charge in [-0.15, -0.1) is 0 Å². The second kappa shape index (κ2) is 5.60. The maximum atomic E-state index is 11.7. The van der Waals surface area contributed by atoms with Crippen LogP contribution in [-0.4, -0.2) is 23.0 Å². The summed E-state index contributed by atoms with van der Waals surface area (Å²) < 4.78 is 4.71. The average molecular weight is 313 g/mol. The molecule has 0 aliphatic carbocycles. The third-order valence-electron chi connectivity index (χ3n) is 1.95. The Kier molecular flexibility index (Phi) is 4.61. The van der Waals surface area contributed by atoms with E-state index in [9.17, 15) is 9.59 Å². The van der Waals surface area contributed by atoms with E-state index in [1.165, 1.54) is 6.92 Å². The van der Waals surface area contributed by atoms with Crippen LogP contribution in [0.3, 0.4) is 0 Å². The van der Waals surface area contributed by atoms with Crippen LogP contribution in [0.25, 0.3) is 0 Å². The molecule has 0 fully saturated rings. The summed E-state index contributed by atoms with van der Waals surface area (Å²) in [5, 5.41) is -0.468. The van der Waals surface area contributed by atoms with Gasteiger partial charge >= 0.3 is 5.97 Å². The second-order valence-electron chi connectivity index (χ2n) is 3.24. The number of amides is 1. The fourth-order valence-corrected chi connectivity index (χ4v) is 1.53. The van der Waals surface area contributed by atoms with Crippen LogP contribution >= 0.6 is 34.8 Å². The van der Waals surface area contributed by atoms with E-state index in [1.54, 1.807) is 0 Å². The number of hydrogen-bond donors (Lipinski definition) is 2. The number of anilines is 1. The van der Waals surface area contributed by atoms with E-state index in [-0.39, 0.29) is 26.6 Å². The minimum atomic E-state index is -1.13. The zero-order valence-corrected chi connectivity index (χ0v) is 11.3. The van der Waals surface area contributed by atoms with Crippen molar-refractivity contribution in [1.82, 2.24) is 4.98 Å². The van der Waals surface area contributed by atoms with Crippen LogP contribution in [0.1, 0.15) is 17.4 Å². The quantitative estimate of drug-likeness (QED) is 0.651. The number of aromatic nitrogens is 1. The first kappa shape index (κ1) is 14.8. The predicted octanol–water partition coefficient (Wildman–Crippen LogP) is 1.65. The van der Waals surface area contributed by atoms with Gasteiger partial charge in [0.05, 0.1) is 10.7 Å². The molecule has 0 aliphatic rings. The van der Waals surface area contributed by atoms with Crippen molar-refractivity contribution in [2.24, 2.45) is 5.73 Å². The van der Waals surface area contributed by atoms with Gasteiger partial charge in [-0.25, -0.2) is 9.78 Å². The maximum absolute atomic E-state index is 11.7. The molecule has 18 heavy (non-hydrogen) atoms. The molecule has 1 aromatic rings. The summed E-state index contributed by atoms with van der Waals surface area (Å²) in [4.78, 5) is 26.1. The van der Waals surface area contributed by atoms with Crippen molar-refractivity contribution in [3.8, 4) is 0 Å². The summed E-state index contributed by atoms with van der Waals surface area (Å²) in [5.41, 5.74) is 10.0. The van der Waals surface area contributed by atoms with Gasteiger partial charge in [0.2, 0.25) is 0 Å². The number of hydrogen-bond acceptors (Lipinski definition) is 5. The molecule has 0 aromatic carbocycles. The Balaban J connectivity index is 3.11. The smallest absolute Gasteiger partial charge is 0.359 e. The van der Waals surface area contributed by atoms with Crippen LogP contribution in [-0.2, 0) is 9.53 Å². The van der Waals surface area contributed by atoms with Crippen molar-refractivity contribution in [3.05, 3.63) is 20.9 Å². The molecule has 0 saturated heterocycles. The van der Waals surface area contributed by atoms with Crippen LogP contribution in [0.2, 0.25) is 15.2 Å². The van der Waals surface area contributed by atoms with E-state index in [1.807, 2.05) is 0 Å². The first-order valence-corrected chi connectivity index (χ1v) is 5.69. The van der Waals surface area contributed by atoms with E-state index >= 15 is 0 Å². The third kappa shape index (κ3) is 2.95. The van der Waals surface area contributed by atoms with E-state index < -0.39 is 18.0 Å². The highest BCUT2D eigenvalue weighted by Gasteiger charge is 2.23. The van der Waals surface area contributed by atoms with Crippen LogP contribution < -0.4 is 11.5 Å². The Morgan fingerprint density at radius 1 is 1.28 bits per heavy atom. The summed E-state index contributed by atoms with van der Waals surface area (Å²) in [7, 11) is 0. The molecule has 1 aromatic heterocycles. The molecule has 6 nitrogen and oxygen atoms in total. The van der Waals surface area contributed by atoms with Crippen LogP contribution in [0.5, 0.6) is 0 Å². The zero-order chi connectivity index (χ0) is 14.0. The molecule has 0 radical (unpaired) electrons. The van der Waals surface area contributed by atoms with E-state index in [4.69, 9.17) is 51.0 Å². The highest BCUT2D eigenvalue weighted by atomic mass is 35.5. The fraction of sp³-hybridized carbons (Fsp3) is 0.222. The van der Waals surface area contributed by atoms with Crippen molar-refractivity contribution < 1.29 is 14.3 Å². The molecule has 0 spiro atoms. The van der Waals surface area contributed by atoms with E-state index in [2.05, 4.69) is 4.98 Å². The summed E-state index contributed by atoms with van der Waals surface area (Å²) >= 11 is 17.1. The van der Waals surface area contributed by atoms with E-state index in [0.717, 1.165) is 0 Å². The largest absolute Gasteiger partial charge is 0.448 e. The van der Waals surface area contributed by atoms with E-state index in [0.29, 0.717) is 0 Å². The van der Waals surface area contributed by atoms with Gasteiger partial charge in [-0.1, -0.05) is 34.8 Å². The zero-order valence-electron chi connectivity index (χ0n) is 9.04. The van der Waals surface area contributed by atoms with Crippen molar-refractivity contribution >= 4 is 52.4 Å². The Hall–Kier alpha value is -1.24. The number of halogens is 3. The van der Waals surface area contributed by atoms with Gasteiger partial charge in [0.25, 0.3) is 5.91 Å². The van der Waals surface area contributed by atoms with Gasteiger partial charge in [0, 0.05) is 0 Å². The van der Waals surface area contributed by atoms with Gasteiger partial charge in [-0.3, -0.25) is 4.79 Å². The number of nitrogens with zero attached hydrogens (tertiary/aromatic N) is 1. The number of esters is 1. The minimum absolute atomic E-state index is 0.0684. The normalized spacial score (nSPS) is 12.0. The number of pyridine rings is 1. The van der Waals surface area contributed by atoms with Gasteiger partial charge in [0.15, 0.2) is 17.0 Å². The molecule has 0 aliphatic heterocycles. The lowest BCUT2D eigenvalue weighted by atomic mass is 10.3. The van der Waals surface area contributed by atoms with Gasteiger partial charge in [0.1, 0.15) is 5.02 Å². The van der Waals surface area contributed by atoms with Crippen LogP contribution in [0, 0.1) is 0 Å². The molecule has 1 amide bonds. The van der Waals surface area contributed by atoms with Gasteiger partial charge in [-0.05, 0) is 6.92 Å². The van der Waals surface area contributed by atoms with Crippen LogP contribution in [0.15, 0.2) is 0 Å². The molecule has 9 heteroatoms. The molecule has 4 N–H and O–H groups in total. The Morgan fingerprint density at radius 2 is 1.83 bits per heavy atom. The molecule has 0 saturated carbocycles. The number of carbonyl (C=O) groups excluding carboxylic acids is 2. The second-order valence-corrected chi connectivity index (χ2v) is 4.36. The summed E-state index contributed by atoms with van der Waals surface area (Å²) in [6.07, 6.45) is -1.13. The van der Waals surface area contributed by atoms with Crippen molar-refractivity contribution in [2.75, 3.05) is 5.73 Å². The third-order valence-corrected chi connectivity index (χ3v) is 3.09. The number of nitrogens with two attached hydrogens (primary N) is 2. The number of primary amides is 1. The first-order chi connectivity index (χ1) is 8.25. The Labute approximate surface area is 117 Å². The lowest BCUT2D eigenvalue weighted by Gasteiger charge is -2.11. The lowest BCUT2D eigenvalue weighted by molar-refractivity contribution is -0.125. The number of carbonyl (C=O) groups is 2. The van der Waals surface area contributed by atoms with Crippen LogP contribution in [0.4, 0.5) is 5.69 Å². The average Bonchev–Trinajstić information content (AvgIpc) is 2.30. The lowest BCUT2D eigenvalue weighted by Crippen LogP contribution is -2.30. The topological polar surface area (TPSA) is 108 Å². The molecular weight excluding hydrogens is 304 g/mol. The van der Waals surface area contributed by atoms with Gasteiger partial charge < -0.3 is 16.2 Å². The summed E-state index contributed by atoms with van der Waals surface area (Å²) in [5.74, 6) is -1.79. The molecular formula is C9H8Cl3N3O3. The molecule has 1 atom stereocenters. The summed E-state index contributed by atoms with van der Waals surface area (Å²) in [6, 6.07) is 0. The SMILES string of the molecule is C[C@@H](OC(=O)c1nc(Cl)c(Cl)c(N)c1Cl)C(N)=O. The molecule has 1 heterocycles. The van der Waals surface area contributed by atoms with Crippen molar-refractivity contribution in [1.29, 1.82) is 0 Å². The minimum Gasteiger partial charge on any atom is -0.448 e. The van der Waals surface area contributed by atoms with Crippen molar-refractivity contribution in [3.63, 3.8) is 0 Å². The number of ether oxygens (including phenoxy) is 1.